The molecule has 0 atom stereocenters. The fraction of sp³-hybridized carbons (Fsp3) is 0.0769. The smallest absolute Gasteiger partial charge is 0.364 e. The summed E-state index contributed by atoms with van der Waals surface area (Å²) < 4.78 is 5.46. The largest absolute Gasteiger partial charge is 0.464 e. The molecule has 0 saturated carbocycles. The van der Waals surface area contributed by atoms with Crippen molar-refractivity contribution in [3.63, 3.8) is 0 Å². The molecule has 1 amide bonds. The van der Waals surface area contributed by atoms with Crippen LogP contribution in [-0.2, 0) is 14.3 Å². The first-order valence-electron chi connectivity index (χ1n) is 5.98. The summed E-state index contributed by atoms with van der Waals surface area (Å²) in [6, 6.07) is 7.07. The van der Waals surface area contributed by atoms with E-state index in [-0.39, 0.29) is 0 Å². The number of carbonyl (C=O) groups is 2. The van der Waals surface area contributed by atoms with E-state index in [4.69, 9.17) is 0 Å². The van der Waals surface area contributed by atoms with Gasteiger partial charge in [0.1, 0.15) is 0 Å². The maximum atomic E-state index is 12.1. The van der Waals surface area contributed by atoms with E-state index >= 15 is 0 Å². The van der Waals surface area contributed by atoms with Gasteiger partial charge < -0.3 is 4.74 Å². The average Bonchev–Trinajstić information content (AvgIpc) is 3.02. The van der Waals surface area contributed by atoms with Crippen molar-refractivity contribution in [1.29, 1.82) is 0 Å². The molecule has 0 spiro atoms. The zero-order chi connectivity index (χ0) is 15.9. The molecule has 2 N–H and O–H groups in total. The molecule has 9 heteroatoms. The first-order chi connectivity index (χ1) is 10.6. The topological polar surface area (TPSA) is 92.7 Å². The third-order valence-corrected chi connectivity index (χ3v) is 3.60. The number of nitrogens with one attached hydrogen (secondary N) is 2. The minimum Gasteiger partial charge on any atom is -0.464 e. The van der Waals surface area contributed by atoms with Gasteiger partial charge in [0.05, 0.1) is 12.8 Å². The van der Waals surface area contributed by atoms with Crippen molar-refractivity contribution in [2.45, 2.75) is 0 Å². The Labute approximate surface area is 138 Å². The quantitative estimate of drug-likeness (QED) is 0.358. The van der Waals surface area contributed by atoms with E-state index < -0.39 is 17.6 Å². The number of hydrogen-bond acceptors (Lipinski definition) is 7. The molecule has 0 radical (unpaired) electrons. The van der Waals surface area contributed by atoms with Crippen LogP contribution in [0.5, 0.6) is 0 Å². The maximum Gasteiger partial charge on any atom is 0.364 e. The van der Waals surface area contributed by atoms with Crippen molar-refractivity contribution in [1.82, 2.24) is 4.98 Å². The zero-order valence-corrected chi connectivity index (χ0v) is 13.8. The Hall–Kier alpha value is -2.26. The van der Waals surface area contributed by atoms with Gasteiger partial charge in [0.15, 0.2) is 5.13 Å². The van der Waals surface area contributed by atoms with Gasteiger partial charge in [0.25, 0.3) is 5.91 Å². The summed E-state index contributed by atoms with van der Waals surface area (Å²) in [6.45, 7) is 0. The van der Waals surface area contributed by atoms with Crippen LogP contribution in [0.15, 0.2) is 45.4 Å². The molecule has 22 heavy (non-hydrogen) atoms. The van der Waals surface area contributed by atoms with Gasteiger partial charge in [-0.15, -0.1) is 11.3 Å². The molecule has 0 unspecified atom stereocenters. The number of halogens is 1. The lowest BCUT2D eigenvalue weighted by Crippen LogP contribution is -2.31. The molecule has 0 fully saturated rings. The van der Waals surface area contributed by atoms with Crippen molar-refractivity contribution in [2.75, 3.05) is 17.9 Å². The van der Waals surface area contributed by atoms with E-state index in [0.717, 1.165) is 4.47 Å². The van der Waals surface area contributed by atoms with Gasteiger partial charge in [-0.3, -0.25) is 15.5 Å². The third kappa shape index (κ3) is 4.37. The number of carbonyl (C=O) groups excluding carboxylic acids is 2. The molecule has 7 nitrogen and oxygen atoms in total. The molecule has 114 valence electrons. The van der Waals surface area contributed by atoms with Crippen LogP contribution in [-0.4, -0.2) is 29.7 Å². The highest BCUT2D eigenvalue weighted by Crippen LogP contribution is 2.14. The molecule has 0 aliphatic heterocycles. The van der Waals surface area contributed by atoms with Gasteiger partial charge in [0.2, 0.25) is 5.71 Å². The summed E-state index contributed by atoms with van der Waals surface area (Å²) >= 11 is 4.54. The van der Waals surface area contributed by atoms with Crippen molar-refractivity contribution in [3.8, 4) is 0 Å². The van der Waals surface area contributed by atoms with Crippen LogP contribution in [0.25, 0.3) is 0 Å². The van der Waals surface area contributed by atoms with Gasteiger partial charge in [0, 0.05) is 16.0 Å². The van der Waals surface area contributed by atoms with Crippen LogP contribution in [0, 0.1) is 0 Å². The predicted octanol–water partition coefficient (Wildman–Crippen LogP) is 2.49. The molecule has 1 aromatic heterocycles. The highest BCUT2D eigenvalue weighted by atomic mass is 79.9. The van der Waals surface area contributed by atoms with Crippen molar-refractivity contribution in [3.05, 3.63) is 40.3 Å². The highest BCUT2D eigenvalue weighted by molar-refractivity contribution is 9.10. The number of rotatable bonds is 5. The highest BCUT2D eigenvalue weighted by Gasteiger charge is 2.22. The summed E-state index contributed by atoms with van der Waals surface area (Å²) in [4.78, 5) is 27.6. The van der Waals surface area contributed by atoms with E-state index in [2.05, 4.69) is 41.5 Å². The standard InChI is InChI=1S/C13H11BrN4O3S/c1-21-12(20)10(11(19)16-13-15-6-7-22-13)18-17-9-4-2-8(14)3-5-9/h2-7,17H,1H3,(H,15,16,19). The van der Waals surface area contributed by atoms with Crippen molar-refractivity contribution < 1.29 is 14.3 Å². The number of amides is 1. The Kier molecular flexibility index (Phi) is 5.61. The molecular weight excluding hydrogens is 372 g/mol. The van der Waals surface area contributed by atoms with Crippen LogP contribution in [0.2, 0.25) is 0 Å². The van der Waals surface area contributed by atoms with E-state index in [1.807, 2.05) is 0 Å². The molecule has 1 aromatic carbocycles. The predicted molar refractivity (Wildman–Crippen MR) is 88.0 cm³/mol. The van der Waals surface area contributed by atoms with E-state index in [1.165, 1.54) is 24.6 Å². The van der Waals surface area contributed by atoms with Gasteiger partial charge >= 0.3 is 5.97 Å². The number of hydrazone groups is 1. The number of anilines is 2. The summed E-state index contributed by atoms with van der Waals surface area (Å²) in [5.41, 5.74) is 2.85. The minimum atomic E-state index is -0.848. The normalized spacial score (nSPS) is 10.9. The fourth-order valence-corrected chi connectivity index (χ4v) is 2.16. The molecule has 0 bridgehead atoms. The van der Waals surface area contributed by atoms with Crippen molar-refractivity contribution >= 4 is 55.7 Å². The second-order valence-corrected chi connectivity index (χ2v) is 5.67. The molecule has 0 aliphatic carbocycles. The number of aromatic nitrogens is 1. The number of hydrogen-bond donors (Lipinski definition) is 2. The van der Waals surface area contributed by atoms with Crippen LogP contribution >= 0.6 is 27.3 Å². The Bertz CT molecular complexity index is 686. The molecule has 0 saturated heterocycles. The molecular formula is C13H11BrN4O3S. The van der Waals surface area contributed by atoms with Crippen molar-refractivity contribution in [2.24, 2.45) is 5.10 Å². The lowest BCUT2D eigenvalue weighted by atomic mass is 10.3. The van der Waals surface area contributed by atoms with Gasteiger partial charge in [-0.25, -0.2) is 9.78 Å². The van der Waals surface area contributed by atoms with Gasteiger partial charge in [-0.05, 0) is 24.3 Å². The lowest BCUT2D eigenvalue weighted by molar-refractivity contribution is -0.133. The van der Waals surface area contributed by atoms with Crippen LogP contribution in [0.4, 0.5) is 10.8 Å². The number of methoxy groups -OCH3 is 1. The summed E-state index contributed by atoms with van der Waals surface area (Å²) in [6.07, 6.45) is 1.54. The number of nitrogens with zero attached hydrogens (tertiary/aromatic N) is 2. The molecule has 0 aliphatic rings. The second kappa shape index (κ2) is 7.66. The van der Waals surface area contributed by atoms with Crippen LogP contribution in [0.1, 0.15) is 0 Å². The fourth-order valence-electron chi connectivity index (χ4n) is 1.37. The first-order valence-corrected chi connectivity index (χ1v) is 7.66. The third-order valence-electron chi connectivity index (χ3n) is 2.39. The SMILES string of the molecule is COC(=O)C(=NNc1ccc(Br)cc1)C(=O)Nc1nccs1. The van der Waals surface area contributed by atoms with Crippen LogP contribution in [0.3, 0.4) is 0 Å². The number of benzene rings is 1. The lowest BCUT2D eigenvalue weighted by Gasteiger charge is -2.06. The Morgan fingerprint density at radius 1 is 1.32 bits per heavy atom. The summed E-state index contributed by atoms with van der Waals surface area (Å²) in [5.74, 6) is -1.55. The second-order valence-electron chi connectivity index (χ2n) is 3.86. The monoisotopic (exact) mass is 382 g/mol. The molecule has 2 rings (SSSR count). The first kappa shape index (κ1) is 16.1. The van der Waals surface area contributed by atoms with E-state index in [1.54, 1.807) is 29.6 Å². The molecule has 1 heterocycles. The Morgan fingerprint density at radius 3 is 2.64 bits per heavy atom. The van der Waals surface area contributed by atoms with E-state index in [9.17, 15) is 9.59 Å². The van der Waals surface area contributed by atoms with Gasteiger partial charge in [-0.2, -0.15) is 5.10 Å². The Balaban J connectivity index is 2.14. The molecule has 2 aromatic rings. The van der Waals surface area contributed by atoms with Crippen LogP contribution < -0.4 is 10.7 Å². The zero-order valence-electron chi connectivity index (χ0n) is 11.4. The summed E-state index contributed by atoms with van der Waals surface area (Å²) in [5, 5.41) is 8.35. The Morgan fingerprint density at radius 2 is 2.05 bits per heavy atom. The summed E-state index contributed by atoms with van der Waals surface area (Å²) in [7, 11) is 1.17. The number of thiazole rings is 1. The van der Waals surface area contributed by atoms with Gasteiger partial charge in [-0.1, -0.05) is 15.9 Å². The maximum absolute atomic E-state index is 12.1. The van der Waals surface area contributed by atoms with E-state index in [0.29, 0.717) is 10.8 Å². The number of esters is 1. The number of ether oxygens (including phenoxy) is 1. The average molecular weight is 383 g/mol. The minimum absolute atomic E-state index is 0.366.